The van der Waals surface area contributed by atoms with Crippen LogP contribution in [-0.4, -0.2) is 20.7 Å². The highest BCUT2D eigenvalue weighted by atomic mass is 19.4. The van der Waals surface area contributed by atoms with Crippen LogP contribution >= 0.6 is 0 Å². The molecule has 1 aromatic carbocycles. The van der Waals surface area contributed by atoms with Crippen molar-refractivity contribution in [2.45, 2.75) is 57.7 Å². The zero-order valence-electron chi connectivity index (χ0n) is 16.7. The predicted molar refractivity (Wildman–Crippen MR) is 108 cm³/mol. The van der Waals surface area contributed by atoms with Gasteiger partial charge in [-0.05, 0) is 49.1 Å². The zero-order chi connectivity index (χ0) is 21.3. The average Bonchev–Trinajstić information content (AvgIpc) is 3.16. The maximum absolute atomic E-state index is 12.9. The van der Waals surface area contributed by atoms with Crippen molar-refractivity contribution in [1.82, 2.24) is 14.8 Å². The number of carbonyl (C=O) groups excluding carboxylic acids is 1. The summed E-state index contributed by atoms with van der Waals surface area (Å²) in [6.45, 7) is 1.96. The van der Waals surface area contributed by atoms with Crippen LogP contribution in [-0.2, 0) is 12.6 Å². The van der Waals surface area contributed by atoms with Crippen LogP contribution in [0.5, 0.6) is 0 Å². The van der Waals surface area contributed by atoms with Crippen molar-refractivity contribution in [1.29, 1.82) is 0 Å². The van der Waals surface area contributed by atoms with E-state index in [4.69, 9.17) is 5.10 Å². The normalized spacial score (nSPS) is 15.5. The second-order valence-corrected chi connectivity index (χ2v) is 7.68. The lowest BCUT2D eigenvalue weighted by Crippen LogP contribution is -2.17. The van der Waals surface area contributed by atoms with Crippen molar-refractivity contribution in [2.24, 2.45) is 0 Å². The minimum atomic E-state index is -4.60. The van der Waals surface area contributed by atoms with Crippen LogP contribution in [0.2, 0.25) is 0 Å². The molecule has 0 unspecified atom stereocenters. The van der Waals surface area contributed by atoms with Crippen LogP contribution in [0.3, 0.4) is 0 Å². The van der Waals surface area contributed by atoms with Crippen LogP contribution in [0.25, 0.3) is 10.9 Å². The summed E-state index contributed by atoms with van der Waals surface area (Å²) in [6.07, 6.45) is 3.92. The molecule has 4 rings (SSSR count). The number of rotatable bonds is 4. The van der Waals surface area contributed by atoms with Crippen molar-refractivity contribution < 1.29 is 18.0 Å². The second kappa shape index (κ2) is 8.08. The van der Waals surface area contributed by atoms with Gasteiger partial charge in [-0.2, -0.15) is 18.3 Å². The number of hydrogen-bond donors (Lipinski definition) is 1. The van der Waals surface area contributed by atoms with E-state index >= 15 is 0 Å². The molecular formula is C22H23F3N4O. The highest BCUT2D eigenvalue weighted by Crippen LogP contribution is 2.31. The third kappa shape index (κ3) is 4.17. The molecule has 1 N–H and O–H groups in total. The molecule has 8 heteroatoms. The van der Waals surface area contributed by atoms with Crippen LogP contribution in [0.4, 0.5) is 18.9 Å². The van der Waals surface area contributed by atoms with Crippen molar-refractivity contribution in [3.63, 3.8) is 0 Å². The van der Waals surface area contributed by atoms with Gasteiger partial charge in [0.1, 0.15) is 11.4 Å². The SMILES string of the molecule is CCc1cc2nn(C3CCCCC3)cc2cc1NC(=O)c1cccc(C(F)(F)F)n1. The van der Waals surface area contributed by atoms with Crippen molar-refractivity contribution in [3.8, 4) is 0 Å². The number of benzene rings is 1. The van der Waals surface area contributed by atoms with Gasteiger partial charge in [-0.15, -0.1) is 0 Å². The molecule has 1 fully saturated rings. The number of amides is 1. The first-order chi connectivity index (χ1) is 14.3. The van der Waals surface area contributed by atoms with Crippen molar-refractivity contribution >= 4 is 22.5 Å². The smallest absolute Gasteiger partial charge is 0.320 e. The van der Waals surface area contributed by atoms with E-state index < -0.39 is 17.8 Å². The van der Waals surface area contributed by atoms with Gasteiger partial charge < -0.3 is 5.32 Å². The van der Waals surface area contributed by atoms with Crippen molar-refractivity contribution in [2.75, 3.05) is 5.32 Å². The molecule has 0 radical (unpaired) electrons. The average molecular weight is 416 g/mol. The molecule has 0 aliphatic heterocycles. The Balaban J connectivity index is 1.62. The highest BCUT2D eigenvalue weighted by molar-refractivity contribution is 6.04. The van der Waals surface area contributed by atoms with Gasteiger partial charge in [0.05, 0.1) is 11.6 Å². The van der Waals surface area contributed by atoms with E-state index in [1.54, 1.807) is 0 Å². The number of alkyl halides is 3. The highest BCUT2D eigenvalue weighted by Gasteiger charge is 2.33. The molecule has 0 bridgehead atoms. The monoisotopic (exact) mass is 416 g/mol. The van der Waals surface area contributed by atoms with E-state index in [-0.39, 0.29) is 5.69 Å². The van der Waals surface area contributed by atoms with E-state index in [9.17, 15) is 18.0 Å². The molecule has 0 saturated heterocycles. The molecule has 2 heterocycles. The Bertz CT molecular complexity index is 1070. The van der Waals surface area contributed by atoms with Crippen LogP contribution < -0.4 is 5.32 Å². The summed E-state index contributed by atoms with van der Waals surface area (Å²) in [5.41, 5.74) is 0.932. The van der Waals surface area contributed by atoms with E-state index in [0.717, 1.165) is 35.4 Å². The fraction of sp³-hybridized carbons (Fsp3) is 0.409. The number of aromatic nitrogens is 3. The number of pyridine rings is 1. The third-order valence-corrected chi connectivity index (χ3v) is 5.60. The first-order valence-electron chi connectivity index (χ1n) is 10.2. The minimum Gasteiger partial charge on any atom is -0.320 e. The van der Waals surface area contributed by atoms with Crippen molar-refractivity contribution in [3.05, 3.63) is 53.5 Å². The molecule has 2 aromatic heterocycles. The molecule has 0 spiro atoms. The number of nitrogens with zero attached hydrogens (tertiary/aromatic N) is 3. The van der Waals surface area contributed by atoms with Gasteiger partial charge in [-0.25, -0.2) is 4.98 Å². The Kier molecular flexibility index (Phi) is 5.49. The largest absolute Gasteiger partial charge is 0.433 e. The minimum absolute atomic E-state index is 0.273. The maximum Gasteiger partial charge on any atom is 0.433 e. The topological polar surface area (TPSA) is 59.8 Å². The summed E-state index contributed by atoms with van der Waals surface area (Å²) in [5, 5.41) is 8.35. The van der Waals surface area contributed by atoms with Gasteiger partial charge in [-0.3, -0.25) is 9.48 Å². The standard InChI is InChI=1S/C22H23F3N4O/c1-2-14-11-19-15(13-29(28-19)16-7-4-3-5-8-16)12-18(14)27-21(30)17-9-6-10-20(26-17)22(23,24)25/h6,9-13,16H,2-5,7-8H2,1H3,(H,27,30). The summed E-state index contributed by atoms with van der Waals surface area (Å²) in [5.74, 6) is -0.671. The molecule has 30 heavy (non-hydrogen) atoms. The lowest BCUT2D eigenvalue weighted by Gasteiger charge is -2.21. The van der Waals surface area contributed by atoms with Gasteiger partial charge in [0, 0.05) is 17.3 Å². The molecule has 1 amide bonds. The first kappa shape index (κ1) is 20.4. The van der Waals surface area contributed by atoms with Gasteiger partial charge in [-0.1, -0.05) is 32.3 Å². The van der Waals surface area contributed by atoms with Crippen LogP contribution in [0.15, 0.2) is 36.5 Å². The summed E-state index contributed by atoms with van der Waals surface area (Å²) >= 11 is 0. The third-order valence-electron chi connectivity index (χ3n) is 5.60. The molecular weight excluding hydrogens is 393 g/mol. The molecule has 5 nitrogen and oxygen atoms in total. The summed E-state index contributed by atoms with van der Waals surface area (Å²) < 4.78 is 40.7. The number of fused-ring (bicyclic) bond motifs is 1. The number of carbonyl (C=O) groups is 1. The van der Waals surface area contributed by atoms with Gasteiger partial charge >= 0.3 is 6.18 Å². The Labute approximate surface area is 172 Å². The Morgan fingerprint density at radius 1 is 1.20 bits per heavy atom. The number of hydrogen-bond acceptors (Lipinski definition) is 3. The molecule has 1 saturated carbocycles. The number of halogens is 3. The molecule has 0 atom stereocenters. The summed E-state index contributed by atoms with van der Waals surface area (Å²) in [4.78, 5) is 16.1. The van der Waals surface area contributed by atoms with Gasteiger partial charge in [0.15, 0.2) is 0 Å². The summed E-state index contributed by atoms with van der Waals surface area (Å²) in [7, 11) is 0. The quantitative estimate of drug-likeness (QED) is 0.587. The first-order valence-corrected chi connectivity index (χ1v) is 10.2. The fourth-order valence-corrected chi connectivity index (χ4v) is 3.98. The van der Waals surface area contributed by atoms with E-state index in [0.29, 0.717) is 18.2 Å². The van der Waals surface area contributed by atoms with E-state index in [1.807, 2.05) is 29.9 Å². The van der Waals surface area contributed by atoms with Gasteiger partial charge in [0.25, 0.3) is 5.91 Å². The second-order valence-electron chi connectivity index (χ2n) is 7.68. The lowest BCUT2D eigenvalue weighted by molar-refractivity contribution is -0.141. The fourth-order valence-electron chi connectivity index (χ4n) is 3.98. The molecule has 158 valence electrons. The summed E-state index contributed by atoms with van der Waals surface area (Å²) in [6, 6.07) is 7.47. The predicted octanol–water partition coefficient (Wildman–Crippen LogP) is 5.77. The lowest BCUT2D eigenvalue weighted by atomic mass is 9.96. The number of anilines is 1. The Morgan fingerprint density at radius 3 is 2.67 bits per heavy atom. The Morgan fingerprint density at radius 2 is 1.97 bits per heavy atom. The molecule has 1 aliphatic rings. The van der Waals surface area contributed by atoms with E-state index in [2.05, 4.69) is 10.3 Å². The number of aryl methyl sites for hydroxylation is 1. The molecule has 1 aliphatic carbocycles. The number of nitrogens with one attached hydrogen (secondary N) is 1. The molecule has 3 aromatic rings. The van der Waals surface area contributed by atoms with Gasteiger partial charge in [0.2, 0.25) is 0 Å². The van der Waals surface area contributed by atoms with E-state index in [1.165, 1.54) is 31.4 Å². The van der Waals surface area contributed by atoms with Crippen LogP contribution in [0, 0.1) is 0 Å². The maximum atomic E-state index is 12.9. The zero-order valence-corrected chi connectivity index (χ0v) is 16.7. The Hall–Kier alpha value is -2.90. The van der Waals surface area contributed by atoms with Crippen LogP contribution in [0.1, 0.15) is 66.8 Å².